The molecule has 0 atom stereocenters. The minimum absolute atomic E-state index is 0.00574. The van der Waals surface area contributed by atoms with Crippen LogP contribution in [0.25, 0.3) is 0 Å². The number of carbonyl (C=O) groups is 2. The van der Waals surface area contributed by atoms with E-state index in [-0.39, 0.29) is 46.6 Å². The third kappa shape index (κ3) is 3.97. The first-order chi connectivity index (χ1) is 13.8. The summed E-state index contributed by atoms with van der Waals surface area (Å²) in [5.41, 5.74) is 0.668. The molecule has 3 saturated carbocycles. The molecule has 1 aromatic carbocycles. The van der Waals surface area contributed by atoms with Gasteiger partial charge in [0.1, 0.15) is 17.3 Å². The van der Waals surface area contributed by atoms with E-state index in [9.17, 15) is 19.1 Å². The maximum absolute atomic E-state index is 13.4. The van der Waals surface area contributed by atoms with Gasteiger partial charge in [0, 0.05) is 24.2 Å². The molecular formula is C21H20ClFN2O4. The number of benzene rings is 1. The summed E-state index contributed by atoms with van der Waals surface area (Å²) in [5.74, 6) is -0.695. The van der Waals surface area contributed by atoms with Crippen LogP contribution in [0.15, 0.2) is 36.5 Å². The second-order valence-corrected chi connectivity index (χ2v) is 8.44. The fourth-order valence-corrected chi connectivity index (χ4v) is 4.64. The molecule has 3 aliphatic carbocycles. The Labute approximate surface area is 172 Å². The predicted octanol–water partition coefficient (Wildman–Crippen LogP) is 3.06. The summed E-state index contributed by atoms with van der Waals surface area (Å²) < 4.78 is 18.7. The number of aliphatic hydroxyl groups is 1. The molecule has 1 amide bonds. The highest BCUT2D eigenvalue weighted by atomic mass is 35.5. The van der Waals surface area contributed by atoms with Crippen LogP contribution in [0.1, 0.15) is 41.7 Å². The van der Waals surface area contributed by atoms with Gasteiger partial charge in [-0.05, 0) is 54.5 Å². The molecule has 2 bridgehead atoms. The Morgan fingerprint density at radius 3 is 2.69 bits per heavy atom. The minimum atomic E-state index is -0.602. The van der Waals surface area contributed by atoms with Crippen LogP contribution >= 0.6 is 11.6 Å². The SMILES string of the molecule is O=C(COc1ccc(Cl)c(F)c1)NC12CC(CC(=O)c3cc(CO)ccn3)(C1)C2. The maximum Gasteiger partial charge on any atom is 0.258 e. The monoisotopic (exact) mass is 418 g/mol. The number of Topliss-reactive ketones (excluding diaryl/α,β-unsaturated/α-hetero) is 1. The fourth-order valence-electron chi connectivity index (χ4n) is 4.52. The molecule has 2 aromatic rings. The van der Waals surface area contributed by atoms with Crippen molar-refractivity contribution in [2.24, 2.45) is 5.41 Å². The fraction of sp³-hybridized carbons (Fsp3) is 0.381. The lowest BCUT2D eigenvalue weighted by Gasteiger charge is -2.70. The van der Waals surface area contributed by atoms with Gasteiger partial charge in [0.2, 0.25) is 0 Å². The van der Waals surface area contributed by atoms with E-state index < -0.39 is 5.82 Å². The lowest BCUT2D eigenvalue weighted by molar-refractivity contribution is -0.164. The summed E-state index contributed by atoms with van der Waals surface area (Å²) in [4.78, 5) is 28.8. The zero-order chi connectivity index (χ0) is 20.6. The number of aliphatic hydroxyl groups excluding tert-OH is 1. The first-order valence-corrected chi connectivity index (χ1v) is 9.68. The zero-order valence-corrected chi connectivity index (χ0v) is 16.3. The van der Waals surface area contributed by atoms with Gasteiger partial charge in [-0.15, -0.1) is 0 Å². The van der Waals surface area contributed by atoms with E-state index in [1.165, 1.54) is 18.3 Å². The molecule has 8 heteroatoms. The molecule has 3 aliphatic rings. The van der Waals surface area contributed by atoms with Crippen LogP contribution in [-0.2, 0) is 11.4 Å². The van der Waals surface area contributed by atoms with Crippen molar-refractivity contribution in [1.29, 1.82) is 0 Å². The van der Waals surface area contributed by atoms with E-state index in [1.54, 1.807) is 12.1 Å². The highest BCUT2D eigenvalue weighted by Crippen LogP contribution is 2.69. The first-order valence-electron chi connectivity index (χ1n) is 9.30. The van der Waals surface area contributed by atoms with Crippen molar-refractivity contribution in [2.75, 3.05) is 6.61 Å². The average molecular weight is 419 g/mol. The van der Waals surface area contributed by atoms with Gasteiger partial charge in [0.05, 0.1) is 11.6 Å². The number of hydrogen-bond acceptors (Lipinski definition) is 5. The molecule has 3 fully saturated rings. The second-order valence-electron chi connectivity index (χ2n) is 8.03. The quantitative estimate of drug-likeness (QED) is 0.643. The molecular weight excluding hydrogens is 399 g/mol. The van der Waals surface area contributed by atoms with E-state index in [4.69, 9.17) is 16.3 Å². The number of amides is 1. The van der Waals surface area contributed by atoms with Crippen LogP contribution in [0.4, 0.5) is 4.39 Å². The number of carbonyl (C=O) groups excluding carboxylic acids is 2. The minimum Gasteiger partial charge on any atom is -0.484 e. The van der Waals surface area contributed by atoms with Gasteiger partial charge in [-0.25, -0.2) is 4.39 Å². The number of rotatable bonds is 8. The average Bonchev–Trinajstić information content (AvgIpc) is 2.66. The van der Waals surface area contributed by atoms with Crippen LogP contribution in [-0.4, -0.2) is 33.9 Å². The lowest BCUT2D eigenvalue weighted by Crippen LogP contribution is -2.75. The van der Waals surface area contributed by atoms with Crippen molar-refractivity contribution in [1.82, 2.24) is 10.3 Å². The third-order valence-corrected chi connectivity index (χ3v) is 5.94. The number of ether oxygens (including phenoxy) is 1. The molecule has 5 rings (SSSR count). The molecule has 0 saturated heterocycles. The van der Waals surface area contributed by atoms with Gasteiger partial charge >= 0.3 is 0 Å². The van der Waals surface area contributed by atoms with Crippen molar-refractivity contribution in [3.05, 3.63) is 58.6 Å². The van der Waals surface area contributed by atoms with E-state index in [0.29, 0.717) is 17.7 Å². The van der Waals surface area contributed by atoms with E-state index >= 15 is 0 Å². The summed E-state index contributed by atoms with van der Waals surface area (Å²) in [6.07, 6.45) is 4.13. The molecule has 1 aromatic heterocycles. The summed E-state index contributed by atoms with van der Waals surface area (Å²) in [6, 6.07) is 7.29. The van der Waals surface area contributed by atoms with Crippen LogP contribution in [0.2, 0.25) is 5.02 Å². The molecule has 1 heterocycles. The van der Waals surface area contributed by atoms with Gasteiger partial charge in [-0.1, -0.05) is 11.6 Å². The maximum atomic E-state index is 13.4. The third-order valence-electron chi connectivity index (χ3n) is 5.63. The smallest absolute Gasteiger partial charge is 0.258 e. The van der Waals surface area contributed by atoms with E-state index in [1.807, 2.05) is 0 Å². The number of aromatic nitrogens is 1. The number of hydrogen-bond donors (Lipinski definition) is 2. The summed E-state index contributed by atoms with van der Waals surface area (Å²) in [6.45, 7) is -0.347. The molecule has 2 N–H and O–H groups in total. The molecule has 6 nitrogen and oxygen atoms in total. The van der Waals surface area contributed by atoms with Gasteiger partial charge in [-0.2, -0.15) is 0 Å². The Bertz CT molecular complexity index is 961. The standard InChI is InChI=1S/C21H20ClFN2O4/c22-15-2-1-14(6-16(15)23)29-9-19(28)25-21-10-20(11-21,12-21)7-18(27)17-5-13(8-26)3-4-24-17/h1-6,26H,7-12H2,(H,25,28). The zero-order valence-electron chi connectivity index (χ0n) is 15.6. The normalized spacial score (nSPS) is 24.2. The Morgan fingerprint density at radius 2 is 2.00 bits per heavy atom. The first kappa shape index (κ1) is 19.8. The van der Waals surface area contributed by atoms with Crippen LogP contribution < -0.4 is 10.1 Å². The van der Waals surface area contributed by atoms with Crippen molar-refractivity contribution < 1.29 is 23.8 Å². The number of halogens is 2. The van der Waals surface area contributed by atoms with E-state index in [0.717, 1.165) is 25.3 Å². The molecule has 0 unspecified atom stereocenters. The Hall–Kier alpha value is -2.51. The van der Waals surface area contributed by atoms with E-state index in [2.05, 4.69) is 10.3 Å². The second kappa shape index (κ2) is 7.39. The van der Waals surface area contributed by atoms with Gasteiger partial charge in [0.25, 0.3) is 5.91 Å². The van der Waals surface area contributed by atoms with Gasteiger partial charge in [0.15, 0.2) is 12.4 Å². The predicted molar refractivity (Wildman–Crippen MR) is 103 cm³/mol. The molecule has 152 valence electrons. The molecule has 0 radical (unpaired) electrons. The van der Waals surface area contributed by atoms with Crippen LogP contribution in [0, 0.1) is 11.2 Å². The van der Waals surface area contributed by atoms with Crippen molar-refractivity contribution in [3.63, 3.8) is 0 Å². The number of nitrogens with zero attached hydrogens (tertiary/aromatic N) is 1. The molecule has 0 spiro atoms. The Kier molecular flexibility index (Phi) is 5.04. The highest BCUT2D eigenvalue weighted by molar-refractivity contribution is 6.30. The number of nitrogens with one attached hydrogen (secondary N) is 1. The van der Waals surface area contributed by atoms with Crippen molar-refractivity contribution in [3.8, 4) is 5.75 Å². The molecule has 0 aliphatic heterocycles. The Morgan fingerprint density at radius 1 is 1.24 bits per heavy atom. The molecule has 29 heavy (non-hydrogen) atoms. The van der Waals surface area contributed by atoms with Gasteiger partial charge in [-0.3, -0.25) is 14.6 Å². The Balaban J connectivity index is 1.24. The number of ketones is 1. The van der Waals surface area contributed by atoms with Crippen molar-refractivity contribution in [2.45, 2.75) is 37.8 Å². The topological polar surface area (TPSA) is 88.5 Å². The highest BCUT2D eigenvalue weighted by Gasteiger charge is 2.68. The lowest BCUT2D eigenvalue weighted by atomic mass is 9.38. The van der Waals surface area contributed by atoms with Gasteiger partial charge < -0.3 is 15.2 Å². The van der Waals surface area contributed by atoms with Crippen LogP contribution in [0.3, 0.4) is 0 Å². The van der Waals surface area contributed by atoms with Crippen molar-refractivity contribution >= 4 is 23.3 Å². The largest absolute Gasteiger partial charge is 0.484 e. The summed E-state index contributed by atoms with van der Waals surface area (Å²) >= 11 is 5.62. The summed E-state index contributed by atoms with van der Waals surface area (Å²) in [7, 11) is 0. The van der Waals surface area contributed by atoms with Crippen LogP contribution in [0.5, 0.6) is 5.75 Å². The summed E-state index contributed by atoms with van der Waals surface area (Å²) in [5, 5.41) is 12.1. The number of pyridine rings is 1.